The van der Waals surface area contributed by atoms with Crippen LogP contribution in [-0.4, -0.2) is 30.0 Å². The Hall–Kier alpha value is -1.77. The van der Waals surface area contributed by atoms with Gasteiger partial charge in [0.25, 0.3) is 5.91 Å². The second kappa shape index (κ2) is 6.55. The van der Waals surface area contributed by atoms with Crippen molar-refractivity contribution in [2.75, 3.05) is 13.1 Å². The van der Waals surface area contributed by atoms with Gasteiger partial charge in [-0.3, -0.25) is 4.79 Å². The van der Waals surface area contributed by atoms with Crippen LogP contribution < -0.4 is 4.74 Å². The zero-order chi connectivity index (χ0) is 16.3. The van der Waals surface area contributed by atoms with Crippen molar-refractivity contribution in [3.8, 4) is 5.75 Å². The molecule has 1 aromatic rings. The van der Waals surface area contributed by atoms with Gasteiger partial charge >= 0.3 is 0 Å². The number of ether oxygens (including phenoxy) is 1. The van der Waals surface area contributed by atoms with E-state index in [9.17, 15) is 4.79 Å². The fourth-order valence-electron chi connectivity index (χ4n) is 2.59. The van der Waals surface area contributed by atoms with E-state index >= 15 is 0 Å². The Morgan fingerprint density at radius 3 is 2.23 bits per heavy atom. The average Bonchev–Trinajstić information content (AvgIpc) is 2.47. The SMILES string of the molecule is C=C1CCN(C(=O)C(C)Oc2ccc(C(C)(C)C)cc2)CC1. The Morgan fingerprint density at radius 1 is 1.18 bits per heavy atom. The standard InChI is InChI=1S/C19H27NO2/c1-14-10-12-20(13-11-14)18(21)15(2)22-17-8-6-16(7-9-17)19(3,4)5/h6-9,15H,1,10-13H2,2-5H3. The molecule has 1 fully saturated rings. The molecule has 120 valence electrons. The Kier molecular flexibility index (Phi) is 4.94. The van der Waals surface area contributed by atoms with Crippen molar-refractivity contribution in [1.29, 1.82) is 0 Å². The monoisotopic (exact) mass is 301 g/mol. The molecule has 1 aliphatic heterocycles. The predicted molar refractivity (Wildman–Crippen MR) is 90.2 cm³/mol. The molecule has 0 radical (unpaired) electrons. The molecule has 1 aromatic carbocycles. The van der Waals surface area contributed by atoms with Gasteiger partial charge in [0.05, 0.1) is 0 Å². The molecule has 3 heteroatoms. The third kappa shape index (κ3) is 4.12. The molecule has 22 heavy (non-hydrogen) atoms. The molecule has 1 saturated heterocycles. The van der Waals surface area contributed by atoms with Gasteiger partial charge in [0, 0.05) is 13.1 Å². The van der Waals surface area contributed by atoms with Crippen molar-refractivity contribution in [1.82, 2.24) is 4.90 Å². The Bertz CT molecular complexity index is 530. The van der Waals surface area contributed by atoms with Crippen molar-refractivity contribution < 1.29 is 9.53 Å². The van der Waals surface area contributed by atoms with E-state index in [1.807, 2.05) is 24.0 Å². The topological polar surface area (TPSA) is 29.5 Å². The molecule has 0 spiro atoms. The summed E-state index contributed by atoms with van der Waals surface area (Å²) in [6, 6.07) is 8.03. The minimum Gasteiger partial charge on any atom is -0.481 e. The van der Waals surface area contributed by atoms with E-state index in [1.165, 1.54) is 11.1 Å². The molecule has 1 aliphatic rings. The van der Waals surface area contributed by atoms with Gasteiger partial charge in [0.15, 0.2) is 6.10 Å². The van der Waals surface area contributed by atoms with E-state index in [0.717, 1.165) is 31.7 Å². The summed E-state index contributed by atoms with van der Waals surface area (Å²) in [4.78, 5) is 14.3. The van der Waals surface area contributed by atoms with Gasteiger partial charge in [-0.05, 0) is 42.9 Å². The number of carbonyl (C=O) groups is 1. The molecule has 1 atom stereocenters. The summed E-state index contributed by atoms with van der Waals surface area (Å²) < 4.78 is 5.81. The zero-order valence-corrected chi connectivity index (χ0v) is 14.2. The van der Waals surface area contributed by atoms with Gasteiger partial charge in [-0.2, -0.15) is 0 Å². The molecule has 0 aromatic heterocycles. The summed E-state index contributed by atoms with van der Waals surface area (Å²) in [7, 11) is 0. The summed E-state index contributed by atoms with van der Waals surface area (Å²) in [6.45, 7) is 13.9. The first kappa shape index (κ1) is 16.6. The minimum atomic E-state index is -0.452. The number of benzene rings is 1. The van der Waals surface area contributed by atoms with Gasteiger partial charge in [-0.1, -0.05) is 45.1 Å². The van der Waals surface area contributed by atoms with Crippen LogP contribution in [-0.2, 0) is 10.2 Å². The number of hydrogen-bond acceptors (Lipinski definition) is 2. The van der Waals surface area contributed by atoms with Gasteiger partial charge in [-0.15, -0.1) is 0 Å². The van der Waals surface area contributed by atoms with Crippen LogP contribution >= 0.6 is 0 Å². The number of amides is 1. The molecular weight excluding hydrogens is 274 g/mol. The maximum Gasteiger partial charge on any atom is 0.263 e. The van der Waals surface area contributed by atoms with Crippen LogP contribution in [0.5, 0.6) is 5.75 Å². The smallest absolute Gasteiger partial charge is 0.263 e. The lowest BCUT2D eigenvalue weighted by molar-refractivity contribution is -0.138. The fourth-order valence-corrected chi connectivity index (χ4v) is 2.59. The molecule has 0 aliphatic carbocycles. The van der Waals surface area contributed by atoms with Crippen LogP contribution in [0.2, 0.25) is 0 Å². The number of rotatable bonds is 3. The quantitative estimate of drug-likeness (QED) is 0.792. The van der Waals surface area contributed by atoms with Crippen molar-refractivity contribution in [3.05, 3.63) is 42.0 Å². The van der Waals surface area contributed by atoms with E-state index in [-0.39, 0.29) is 11.3 Å². The average molecular weight is 301 g/mol. The number of likely N-dealkylation sites (tertiary alicyclic amines) is 1. The van der Waals surface area contributed by atoms with E-state index in [0.29, 0.717) is 0 Å². The van der Waals surface area contributed by atoms with Crippen molar-refractivity contribution in [2.45, 2.75) is 52.1 Å². The Balaban J connectivity index is 1.95. The first-order valence-corrected chi connectivity index (χ1v) is 8.00. The molecule has 1 heterocycles. The highest BCUT2D eigenvalue weighted by atomic mass is 16.5. The Morgan fingerprint density at radius 2 is 1.73 bits per heavy atom. The number of nitrogens with zero attached hydrogens (tertiary/aromatic N) is 1. The van der Waals surface area contributed by atoms with Crippen LogP contribution in [0.4, 0.5) is 0 Å². The number of piperidine rings is 1. The molecule has 3 nitrogen and oxygen atoms in total. The molecule has 2 rings (SSSR count). The maximum atomic E-state index is 12.4. The van der Waals surface area contributed by atoms with Crippen LogP contribution in [0.1, 0.15) is 46.1 Å². The third-order valence-corrected chi connectivity index (χ3v) is 4.16. The van der Waals surface area contributed by atoms with E-state index in [4.69, 9.17) is 4.74 Å². The molecule has 0 N–H and O–H groups in total. The first-order chi connectivity index (χ1) is 10.3. The van der Waals surface area contributed by atoms with Gasteiger partial charge in [0.2, 0.25) is 0 Å². The maximum absolute atomic E-state index is 12.4. The van der Waals surface area contributed by atoms with Crippen LogP contribution in [0.15, 0.2) is 36.4 Å². The van der Waals surface area contributed by atoms with Crippen molar-refractivity contribution in [2.24, 2.45) is 0 Å². The highest BCUT2D eigenvalue weighted by molar-refractivity contribution is 5.81. The molecular formula is C19H27NO2. The second-order valence-corrected chi connectivity index (χ2v) is 7.11. The van der Waals surface area contributed by atoms with Crippen molar-refractivity contribution >= 4 is 5.91 Å². The van der Waals surface area contributed by atoms with Gasteiger partial charge in [-0.25, -0.2) is 0 Å². The molecule has 0 bridgehead atoms. The lowest BCUT2D eigenvalue weighted by Crippen LogP contribution is -2.43. The summed E-state index contributed by atoms with van der Waals surface area (Å²) in [6.07, 6.45) is 1.35. The largest absolute Gasteiger partial charge is 0.481 e. The highest BCUT2D eigenvalue weighted by Gasteiger charge is 2.24. The van der Waals surface area contributed by atoms with E-state index in [2.05, 4.69) is 39.5 Å². The van der Waals surface area contributed by atoms with Crippen LogP contribution in [0.3, 0.4) is 0 Å². The van der Waals surface area contributed by atoms with Crippen LogP contribution in [0, 0.1) is 0 Å². The molecule has 0 saturated carbocycles. The first-order valence-electron chi connectivity index (χ1n) is 8.00. The van der Waals surface area contributed by atoms with Crippen LogP contribution in [0.25, 0.3) is 0 Å². The number of hydrogen-bond donors (Lipinski definition) is 0. The molecule has 1 unspecified atom stereocenters. The lowest BCUT2D eigenvalue weighted by atomic mass is 9.87. The number of carbonyl (C=O) groups excluding carboxylic acids is 1. The lowest BCUT2D eigenvalue weighted by Gasteiger charge is -2.30. The summed E-state index contributed by atoms with van der Waals surface area (Å²) in [5.41, 5.74) is 2.61. The fraction of sp³-hybridized carbons (Fsp3) is 0.526. The Labute approximate surface area is 134 Å². The normalized spacial score (nSPS) is 17.3. The van der Waals surface area contributed by atoms with Crippen molar-refractivity contribution in [3.63, 3.8) is 0 Å². The highest BCUT2D eigenvalue weighted by Crippen LogP contribution is 2.25. The van der Waals surface area contributed by atoms with Gasteiger partial charge in [0.1, 0.15) is 5.75 Å². The minimum absolute atomic E-state index is 0.0624. The molecule has 1 amide bonds. The van der Waals surface area contributed by atoms with E-state index < -0.39 is 6.10 Å². The summed E-state index contributed by atoms with van der Waals surface area (Å²) in [5.74, 6) is 0.808. The predicted octanol–water partition coefficient (Wildman–Crippen LogP) is 3.93. The van der Waals surface area contributed by atoms with Gasteiger partial charge < -0.3 is 9.64 Å². The summed E-state index contributed by atoms with van der Waals surface area (Å²) >= 11 is 0. The zero-order valence-electron chi connectivity index (χ0n) is 14.2. The second-order valence-electron chi connectivity index (χ2n) is 7.11. The third-order valence-electron chi connectivity index (χ3n) is 4.16. The van der Waals surface area contributed by atoms with E-state index in [1.54, 1.807) is 0 Å². The summed E-state index contributed by atoms with van der Waals surface area (Å²) in [5, 5.41) is 0.